The summed E-state index contributed by atoms with van der Waals surface area (Å²) in [6, 6.07) is -0.643. The van der Waals surface area contributed by atoms with Gasteiger partial charge in [0.2, 0.25) is 5.91 Å². The quantitative estimate of drug-likeness (QED) is 0.0429. The van der Waals surface area contributed by atoms with Crippen LogP contribution >= 0.6 is 0 Å². The van der Waals surface area contributed by atoms with E-state index in [2.05, 4.69) is 55.6 Å². The standard InChI is InChI=1S/C50H93NO3/c1-3-5-7-9-11-13-15-16-17-18-19-20-21-22-23-24-25-26-27-28-29-30-31-32-33-34-36-38-40-42-44-46-50(54)51-48(47-52)49(53)45-43-41-39-37-35-14-12-10-8-6-4-2/h8,10,22-23,35,37,43,45,48-49,52-53H,3-7,9,11-21,24-34,36,38-42,44,46-47H2,1-2H3,(H,51,54)/b10-8+,23-22-,37-35+,45-43+. The van der Waals surface area contributed by atoms with E-state index in [1.54, 1.807) is 6.08 Å². The predicted molar refractivity (Wildman–Crippen MR) is 239 cm³/mol. The molecule has 0 aliphatic rings. The fourth-order valence-electron chi connectivity index (χ4n) is 7.10. The maximum Gasteiger partial charge on any atom is 0.220 e. The molecule has 316 valence electrons. The molecular weight excluding hydrogens is 663 g/mol. The van der Waals surface area contributed by atoms with Crippen molar-refractivity contribution in [3.05, 3.63) is 48.6 Å². The first kappa shape index (κ1) is 52.3. The number of carbonyl (C=O) groups excluding carboxylic acids is 1. The van der Waals surface area contributed by atoms with Crippen molar-refractivity contribution in [2.75, 3.05) is 6.61 Å². The molecule has 2 atom stereocenters. The highest BCUT2D eigenvalue weighted by Crippen LogP contribution is 2.16. The average molecular weight is 756 g/mol. The Morgan fingerprint density at radius 2 is 0.759 bits per heavy atom. The maximum atomic E-state index is 12.4. The van der Waals surface area contributed by atoms with Crippen LogP contribution in [-0.2, 0) is 4.79 Å². The Morgan fingerprint density at radius 1 is 0.426 bits per heavy atom. The summed E-state index contributed by atoms with van der Waals surface area (Å²) >= 11 is 0. The molecule has 0 aromatic rings. The van der Waals surface area contributed by atoms with E-state index in [0.717, 1.165) is 44.9 Å². The third kappa shape index (κ3) is 41.5. The number of allylic oxidation sites excluding steroid dienone is 7. The van der Waals surface area contributed by atoms with Gasteiger partial charge < -0.3 is 15.5 Å². The molecule has 0 fully saturated rings. The van der Waals surface area contributed by atoms with Crippen LogP contribution in [0.3, 0.4) is 0 Å². The summed E-state index contributed by atoms with van der Waals surface area (Å²) in [5, 5.41) is 22.9. The van der Waals surface area contributed by atoms with Gasteiger partial charge in [0.05, 0.1) is 18.8 Å². The van der Waals surface area contributed by atoms with Crippen LogP contribution in [0.5, 0.6) is 0 Å². The summed E-state index contributed by atoms with van der Waals surface area (Å²) in [5.41, 5.74) is 0. The molecule has 0 aromatic carbocycles. The zero-order chi connectivity index (χ0) is 39.3. The van der Waals surface area contributed by atoms with E-state index in [-0.39, 0.29) is 12.5 Å². The minimum absolute atomic E-state index is 0.0787. The molecular formula is C50H93NO3. The van der Waals surface area contributed by atoms with Gasteiger partial charge in [0.1, 0.15) is 0 Å². The van der Waals surface area contributed by atoms with Gasteiger partial charge in [-0.25, -0.2) is 0 Å². The second-order valence-corrected chi connectivity index (χ2v) is 16.2. The van der Waals surface area contributed by atoms with Crippen molar-refractivity contribution >= 4 is 5.91 Å². The summed E-state index contributed by atoms with van der Waals surface area (Å²) < 4.78 is 0. The minimum atomic E-state index is -0.868. The predicted octanol–water partition coefficient (Wildman–Crippen LogP) is 15.1. The topological polar surface area (TPSA) is 69.6 Å². The van der Waals surface area contributed by atoms with E-state index in [0.29, 0.717) is 6.42 Å². The normalized spacial score (nSPS) is 13.3. The number of carbonyl (C=O) groups is 1. The van der Waals surface area contributed by atoms with Gasteiger partial charge in [0.25, 0.3) is 0 Å². The fourth-order valence-corrected chi connectivity index (χ4v) is 7.10. The Hall–Kier alpha value is -1.65. The molecule has 3 N–H and O–H groups in total. The Kier molecular flexibility index (Phi) is 44.3. The zero-order valence-electron chi connectivity index (χ0n) is 36.2. The summed E-state index contributed by atoms with van der Waals surface area (Å²) in [7, 11) is 0. The molecule has 0 spiro atoms. The third-order valence-electron chi connectivity index (χ3n) is 10.7. The van der Waals surface area contributed by atoms with Crippen LogP contribution < -0.4 is 5.32 Å². The largest absolute Gasteiger partial charge is 0.394 e. The number of aliphatic hydroxyl groups is 2. The molecule has 1 amide bonds. The highest BCUT2D eigenvalue weighted by atomic mass is 16.3. The minimum Gasteiger partial charge on any atom is -0.394 e. The first-order valence-electron chi connectivity index (χ1n) is 23.9. The number of hydrogen-bond donors (Lipinski definition) is 3. The fraction of sp³-hybridized carbons (Fsp3) is 0.820. The van der Waals surface area contributed by atoms with Gasteiger partial charge in [-0.15, -0.1) is 0 Å². The Bertz CT molecular complexity index is 862. The summed E-state index contributed by atoms with van der Waals surface area (Å²) in [6.07, 6.45) is 62.6. The summed E-state index contributed by atoms with van der Waals surface area (Å²) in [4.78, 5) is 12.4. The molecule has 0 radical (unpaired) electrons. The van der Waals surface area contributed by atoms with Gasteiger partial charge in [-0.1, -0.05) is 223 Å². The Balaban J connectivity index is 3.45. The van der Waals surface area contributed by atoms with Crippen molar-refractivity contribution in [2.24, 2.45) is 0 Å². The number of amides is 1. The second kappa shape index (κ2) is 45.7. The lowest BCUT2D eigenvalue weighted by Crippen LogP contribution is -2.45. The van der Waals surface area contributed by atoms with Crippen molar-refractivity contribution in [2.45, 2.75) is 257 Å². The van der Waals surface area contributed by atoms with Gasteiger partial charge in [-0.3, -0.25) is 4.79 Å². The number of hydrogen-bond acceptors (Lipinski definition) is 3. The van der Waals surface area contributed by atoms with Crippen molar-refractivity contribution < 1.29 is 15.0 Å². The van der Waals surface area contributed by atoms with Crippen LogP contribution in [0.4, 0.5) is 0 Å². The monoisotopic (exact) mass is 756 g/mol. The Morgan fingerprint density at radius 3 is 1.15 bits per heavy atom. The lowest BCUT2D eigenvalue weighted by atomic mass is 10.0. The molecule has 2 unspecified atom stereocenters. The zero-order valence-corrected chi connectivity index (χ0v) is 36.2. The van der Waals surface area contributed by atoms with E-state index in [1.165, 1.54) is 180 Å². The van der Waals surface area contributed by atoms with Gasteiger partial charge in [-0.05, 0) is 64.2 Å². The summed E-state index contributed by atoms with van der Waals surface area (Å²) in [6.45, 7) is 4.22. The lowest BCUT2D eigenvalue weighted by Gasteiger charge is -2.19. The summed E-state index contributed by atoms with van der Waals surface area (Å²) in [5.74, 6) is -0.0787. The van der Waals surface area contributed by atoms with Gasteiger partial charge in [0.15, 0.2) is 0 Å². The van der Waals surface area contributed by atoms with Crippen LogP contribution in [-0.4, -0.2) is 34.9 Å². The van der Waals surface area contributed by atoms with Crippen LogP contribution in [0.1, 0.15) is 245 Å². The van der Waals surface area contributed by atoms with E-state index in [4.69, 9.17) is 0 Å². The molecule has 0 saturated carbocycles. The van der Waals surface area contributed by atoms with Gasteiger partial charge in [-0.2, -0.15) is 0 Å². The van der Waals surface area contributed by atoms with E-state index >= 15 is 0 Å². The second-order valence-electron chi connectivity index (χ2n) is 16.2. The molecule has 0 aliphatic carbocycles. The lowest BCUT2D eigenvalue weighted by molar-refractivity contribution is -0.123. The molecule has 0 saturated heterocycles. The van der Waals surface area contributed by atoms with Gasteiger partial charge in [0, 0.05) is 6.42 Å². The molecule has 0 bridgehead atoms. The molecule has 0 aromatic heterocycles. The van der Waals surface area contributed by atoms with Gasteiger partial charge >= 0.3 is 0 Å². The average Bonchev–Trinajstić information content (AvgIpc) is 3.18. The van der Waals surface area contributed by atoms with Crippen LogP contribution in [0.25, 0.3) is 0 Å². The smallest absolute Gasteiger partial charge is 0.220 e. The third-order valence-corrected chi connectivity index (χ3v) is 10.7. The number of aliphatic hydroxyl groups excluding tert-OH is 2. The van der Waals surface area contributed by atoms with E-state index in [1.807, 2.05) is 6.08 Å². The van der Waals surface area contributed by atoms with Crippen molar-refractivity contribution in [1.29, 1.82) is 0 Å². The van der Waals surface area contributed by atoms with Crippen LogP contribution in [0, 0.1) is 0 Å². The molecule has 4 nitrogen and oxygen atoms in total. The van der Waals surface area contributed by atoms with Crippen molar-refractivity contribution in [3.8, 4) is 0 Å². The number of rotatable bonds is 43. The first-order valence-corrected chi connectivity index (χ1v) is 23.9. The molecule has 0 rings (SSSR count). The van der Waals surface area contributed by atoms with E-state index < -0.39 is 12.1 Å². The number of unbranched alkanes of at least 4 members (excludes halogenated alkanes) is 30. The maximum absolute atomic E-state index is 12.4. The molecule has 0 heterocycles. The van der Waals surface area contributed by atoms with Crippen LogP contribution in [0.2, 0.25) is 0 Å². The molecule has 4 heteroatoms. The molecule has 54 heavy (non-hydrogen) atoms. The first-order chi connectivity index (χ1) is 26.7. The van der Waals surface area contributed by atoms with Crippen LogP contribution in [0.15, 0.2) is 48.6 Å². The van der Waals surface area contributed by atoms with Crippen molar-refractivity contribution in [3.63, 3.8) is 0 Å². The molecule has 0 aliphatic heterocycles. The van der Waals surface area contributed by atoms with E-state index in [9.17, 15) is 15.0 Å². The highest BCUT2D eigenvalue weighted by Gasteiger charge is 2.17. The highest BCUT2D eigenvalue weighted by molar-refractivity contribution is 5.76. The number of nitrogens with one attached hydrogen (secondary N) is 1. The SMILES string of the molecule is CCC/C=C/CC/C=C/CC/C=C/C(O)C(CO)NC(=O)CCCCCCCCCCCCCCCCC/C=C\CCCCCCCCCCCCCC. The van der Waals surface area contributed by atoms with Crippen molar-refractivity contribution in [1.82, 2.24) is 5.32 Å². The Labute approximate surface area is 337 Å².